The van der Waals surface area contributed by atoms with Gasteiger partial charge in [-0.3, -0.25) is 0 Å². The van der Waals surface area contributed by atoms with Crippen LogP contribution < -0.4 is 5.32 Å². The van der Waals surface area contributed by atoms with Crippen molar-refractivity contribution in [2.45, 2.75) is 25.0 Å². The number of carbonyl (C=O) groups excluding carboxylic acids is 1. The molecular weight excluding hydrogens is 350 g/mol. The van der Waals surface area contributed by atoms with Crippen molar-refractivity contribution in [3.63, 3.8) is 0 Å². The van der Waals surface area contributed by atoms with Gasteiger partial charge in [0.2, 0.25) is 0 Å². The maximum Gasteiger partial charge on any atom is 0.341 e. The molecule has 0 aliphatic heterocycles. The number of nitrogens with one attached hydrogen (secondary N) is 1. The zero-order chi connectivity index (χ0) is 19.8. The molecule has 28 heavy (non-hydrogen) atoms. The third-order valence-corrected chi connectivity index (χ3v) is 4.64. The zero-order valence-corrected chi connectivity index (χ0v) is 15.9. The Kier molecular flexibility index (Phi) is 6.45. The fraction of sp³-hybridized carbons (Fsp3) is 0.208. The predicted octanol–water partition coefficient (Wildman–Crippen LogP) is 4.38. The molecule has 0 aromatic heterocycles. The molecule has 0 aliphatic carbocycles. The highest BCUT2D eigenvalue weighted by atomic mass is 16.5. The first-order chi connectivity index (χ1) is 13.6. The SMILES string of the molecule is CCOC(=O)[C@@](O)(Cc1ccccc1)[C@@H](Nc1ccccc1)c1ccccc1. The van der Waals surface area contributed by atoms with E-state index in [1.54, 1.807) is 6.92 Å². The summed E-state index contributed by atoms with van der Waals surface area (Å²) in [5, 5.41) is 15.0. The van der Waals surface area contributed by atoms with Crippen LogP contribution in [0.5, 0.6) is 0 Å². The largest absolute Gasteiger partial charge is 0.464 e. The van der Waals surface area contributed by atoms with E-state index in [2.05, 4.69) is 5.32 Å². The van der Waals surface area contributed by atoms with Crippen molar-refractivity contribution >= 4 is 11.7 Å². The molecule has 0 saturated carbocycles. The first-order valence-electron chi connectivity index (χ1n) is 9.43. The summed E-state index contributed by atoms with van der Waals surface area (Å²) in [6.45, 7) is 1.94. The number of hydrogen-bond acceptors (Lipinski definition) is 4. The number of anilines is 1. The van der Waals surface area contributed by atoms with Crippen molar-refractivity contribution in [2.75, 3.05) is 11.9 Å². The summed E-state index contributed by atoms with van der Waals surface area (Å²) >= 11 is 0. The number of carbonyl (C=O) groups is 1. The third-order valence-electron chi connectivity index (χ3n) is 4.64. The van der Waals surface area contributed by atoms with E-state index in [4.69, 9.17) is 4.74 Å². The van der Waals surface area contributed by atoms with Gasteiger partial charge in [0.15, 0.2) is 5.60 Å². The molecule has 0 heterocycles. The van der Waals surface area contributed by atoms with Gasteiger partial charge in [0, 0.05) is 12.1 Å². The van der Waals surface area contributed by atoms with Crippen LogP contribution in [0.2, 0.25) is 0 Å². The van der Waals surface area contributed by atoms with Gasteiger partial charge in [-0.15, -0.1) is 0 Å². The van der Waals surface area contributed by atoms with Crippen LogP contribution in [0.25, 0.3) is 0 Å². The van der Waals surface area contributed by atoms with Crippen molar-refractivity contribution in [2.24, 2.45) is 0 Å². The van der Waals surface area contributed by atoms with Gasteiger partial charge >= 0.3 is 5.97 Å². The van der Waals surface area contributed by atoms with E-state index < -0.39 is 17.6 Å². The van der Waals surface area contributed by atoms with Gasteiger partial charge in [0.25, 0.3) is 0 Å². The monoisotopic (exact) mass is 375 g/mol. The lowest BCUT2D eigenvalue weighted by Crippen LogP contribution is -2.50. The normalized spacial score (nSPS) is 13.9. The number of rotatable bonds is 8. The highest BCUT2D eigenvalue weighted by Crippen LogP contribution is 2.34. The molecule has 0 aliphatic rings. The summed E-state index contributed by atoms with van der Waals surface area (Å²) in [5.41, 5.74) is 0.688. The highest BCUT2D eigenvalue weighted by Gasteiger charge is 2.46. The molecule has 2 N–H and O–H groups in total. The number of ether oxygens (including phenoxy) is 1. The third kappa shape index (κ3) is 4.59. The molecule has 3 aromatic carbocycles. The summed E-state index contributed by atoms with van der Waals surface area (Å²) in [5.74, 6) is -0.642. The molecule has 0 fully saturated rings. The number of para-hydroxylation sites is 1. The Bertz CT molecular complexity index is 868. The van der Waals surface area contributed by atoms with Gasteiger partial charge in [-0.25, -0.2) is 4.79 Å². The molecular formula is C24H25NO3. The van der Waals surface area contributed by atoms with Gasteiger partial charge in [0.1, 0.15) is 0 Å². The first kappa shape index (κ1) is 19.6. The fourth-order valence-corrected chi connectivity index (χ4v) is 3.28. The molecule has 0 saturated heterocycles. The van der Waals surface area contributed by atoms with Gasteiger partial charge in [-0.05, 0) is 30.2 Å². The van der Waals surface area contributed by atoms with Crippen LogP contribution in [0.1, 0.15) is 24.1 Å². The van der Waals surface area contributed by atoms with Crippen LogP contribution in [0.4, 0.5) is 5.69 Å². The second kappa shape index (κ2) is 9.20. The lowest BCUT2D eigenvalue weighted by molar-refractivity contribution is -0.167. The second-order valence-electron chi connectivity index (χ2n) is 6.66. The summed E-state index contributed by atoms with van der Waals surface area (Å²) < 4.78 is 5.29. The van der Waals surface area contributed by atoms with Gasteiger partial charge in [-0.2, -0.15) is 0 Å². The Morgan fingerprint density at radius 1 is 0.929 bits per heavy atom. The van der Waals surface area contributed by atoms with E-state index in [9.17, 15) is 9.90 Å². The van der Waals surface area contributed by atoms with Crippen molar-refractivity contribution in [1.29, 1.82) is 0 Å². The standard InChI is InChI=1S/C24H25NO3/c1-2-28-23(26)24(27,18-19-12-6-3-7-13-19)22(20-14-8-4-9-15-20)25-21-16-10-5-11-17-21/h3-17,22,25,27H,2,18H2,1H3/t22-,24+/m0/s1. The minimum Gasteiger partial charge on any atom is -0.464 e. The maximum atomic E-state index is 13.0. The van der Waals surface area contributed by atoms with Crippen molar-refractivity contribution in [3.8, 4) is 0 Å². The Morgan fingerprint density at radius 2 is 1.46 bits per heavy atom. The number of hydrogen-bond donors (Lipinski definition) is 2. The van der Waals surface area contributed by atoms with E-state index in [1.165, 1.54) is 0 Å². The van der Waals surface area contributed by atoms with E-state index in [0.29, 0.717) is 0 Å². The minimum absolute atomic E-state index is 0.131. The van der Waals surface area contributed by atoms with Crippen molar-refractivity contribution in [1.82, 2.24) is 0 Å². The molecule has 2 atom stereocenters. The maximum absolute atomic E-state index is 13.0. The van der Waals surface area contributed by atoms with Gasteiger partial charge in [0.05, 0.1) is 12.6 Å². The van der Waals surface area contributed by atoms with Gasteiger partial charge < -0.3 is 15.2 Å². The van der Waals surface area contributed by atoms with Crippen LogP contribution in [-0.4, -0.2) is 23.3 Å². The molecule has 0 bridgehead atoms. The Balaban J connectivity index is 2.05. The molecule has 4 nitrogen and oxygen atoms in total. The Labute approximate surface area is 165 Å². The fourth-order valence-electron chi connectivity index (χ4n) is 3.28. The van der Waals surface area contributed by atoms with Crippen LogP contribution in [-0.2, 0) is 16.0 Å². The topological polar surface area (TPSA) is 58.6 Å². The van der Waals surface area contributed by atoms with E-state index >= 15 is 0 Å². The summed E-state index contributed by atoms with van der Waals surface area (Å²) in [6, 6.07) is 27.8. The average Bonchev–Trinajstić information content (AvgIpc) is 2.74. The molecule has 3 rings (SSSR count). The van der Waals surface area contributed by atoms with E-state index in [1.807, 2.05) is 91.0 Å². The van der Waals surface area contributed by atoms with E-state index in [-0.39, 0.29) is 13.0 Å². The summed E-state index contributed by atoms with van der Waals surface area (Å²) in [7, 11) is 0. The van der Waals surface area contributed by atoms with Crippen LogP contribution in [0.15, 0.2) is 91.0 Å². The van der Waals surface area contributed by atoms with Gasteiger partial charge in [-0.1, -0.05) is 78.9 Å². The minimum atomic E-state index is -1.78. The molecule has 0 amide bonds. The van der Waals surface area contributed by atoms with Crippen molar-refractivity contribution < 1.29 is 14.6 Å². The Hall–Kier alpha value is -3.11. The number of benzene rings is 3. The quantitative estimate of drug-likeness (QED) is 0.574. The lowest BCUT2D eigenvalue weighted by Gasteiger charge is -2.35. The molecule has 4 heteroatoms. The number of aliphatic hydroxyl groups is 1. The van der Waals surface area contributed by atoms with Crippen LogP contribution in [0.3, 0.4) is 0 Å². The van der Waals surface area contributed by atoms with Crippen LogP contribution >= 0.6 is 0 Å². The molecule has 144 valence electrons. The van der Waals surface area contributed by atoms with Crippen molar-refractivity contribution in [3.05, 3.63) is 102 Å². The average molecular weight is 375 g/mol. The first-order valence-corrected chi connectivity index (χ1v) is 9.43. The lowest BCUT2D eigenvalue weighted by atomic mass is 9.83. The molecule has 0 unspecified atom stereocenters. The second-order valence-corrected chi connectivity index (χ2v) is 6.66. The summed E-state index contributed by atoms with van der Waals surface area (Å²) in [6.07, 6.45) is 0.131. The molecule has 3 aromatic rings. The Morgan fingerprint density at radius 3 is 2.04 bits per heavy atom. The smallest absolute Gasteiger partial charge is 0.341 e. The molecule has 0 radical (unpaired) electrons. The summed E-state index contributed by atoms with van der Waals surface area (Å²) in [4.78, 5) is 13.0. The zero-order valence-electron chi connectivity index (χ0n) is 15.9. The molecule has 0 spiro atoms. The number of esters is 1. The van der Waals surface area contributed by atoms with Crippen LogP contribution in [0, 0.1) is 0 Å². The predicted molar refractivity (Wildman–Crippen MR) is 111 cm³/mol. The van der Waals surface area contributed by atoms with E-state index in [0.717, 1.165) is 16.8 Å². The highest BCUT2D eigenvalue weighted by molar-refractivity contribution is 5.82.